The van der Waals surface area contributed by atoms with Crippen molar-refractivity contribution in [2.24, 2.45) is 0 Å². The Morgan fingerprint density at radius 3 is 2.55 bits per heavy atom. The van der Waals surface area contributed by atoms with Gasteiger partial charge in [0, 0.05) is 18.3 Å². The Balaban J connectivity index is 1.96. The molecule has 0 aliphatic rings. The second kappa shape index (κ2) is 6.47. The summed E-state index contributed by atoms with van der Waals surface area (Å²) in [7, 11) is -3.50. The number of hydrogen-bond donors (Lipinski definition) is 1. The van der Waals surface area contributed by atoms with Crippen molar-refractivity contribution in [3.05, 3.63) is 41.5 Å². The predicted octanol–water partition coefficient (Wildman–Crippen LogP) is 1.79. The van der Waals surface area contributed by atoms with Gasteiger partial charge in [-0.05, 0) is 24.6 Å². The number of benzene rings is 1. The maximum atomic E-state index is 12.0. The van der Waals surface area contributed by atoms with Crippen LogP contribution in [-0.2, 0) is 21.8 Å². The maximum absolute atomic E-state index is 12.0. The Labute approximate surface area is 125 Å². The largest absolute Gasteiger partial charge is 0.339 e. The van der Waals surface area contributed by atoms with Crippen molar-refractivity contribution in [2.45, 2.75) is 23.6 Å². The summed E-state index contributed by atoms with van der Waals surface area (Å²) < 4.78 is 31.5. The second-order valence-electron chi connectivity index (χ2n) is 4.16. The molecule has 6 nitrogen and oxygen atoms in total. The molecule has 0 spiro atoms. The van der Waals surface area contributed by atoms with Gasteiger partial charge in [-0.15, -0.1) is 0 Å². The zero-order chi connectivity index (χ0) is 14.6. The van der Waals surface area contributed by atoms with Crippen LogP contribution in [0.25, 0.3) is 0 Å². The molecule has 1 N–H and O–H groups in total. The average Bonchev–Trinajstić information content (AvgIpc) is 2.84. The van der Waals surface area contributed by atoms with E-state index in [0.717, 1.165) is 5.56 Å². The highest BCUT2D eigenvalue weighted by molar-refractivity contribution is 9.08. The van der Waals surface area contributed by atoms with Gasteiger partial charge in [0.25, 0.3) is 0 Å². The molecule has 0 fully saturated rings. The SMILES string of the molecule is Cc1noc(CCNS(=O)(=O)c2ccc(CBr)cc2)n1. The first kappa shape index (κ1) is 15.1. The molecule has 0 saturated carbocycles. The van der Waals surface area contributed by atoms with Crippen LogP contribution < -0.4 is 4.72 Å². The Morgan fingerprint density at radius 1 is 1.30 bits per heavy atom. The van der Waals surface area contributed by atoms with Crippen molar-refractivity contribution >= 4 is 26.0 Å². The minimum Gasteiger partial charge on any atom is -0.339 e. The zero-order valence-electron chi connectivity index (χ0n) is 10.8. The van der Waals surface area contributed by atoms with E-state index in [-0.39, 0.29) is 11.4 Å². The van der Waals surface area contributed by atoms with Crippen molar-refractivity contribution in [2.75, 3.05) is 6.54 Å². The molecule has 1 heterocycles. The minimum absolute atomic E-state index is 0.212. The van der Waals surface area contributed by atoms with E-state index >= 15 is 0 Å². The smallest absolute Gasteiger partial charge is 0.240 e. The van der Waals surface area contributed by atoms with Crippen LogP contribution in [0.2, 0.25) is 0 Å². The lowest BCUT2D eigenvalue weighted by molar-refractivity contribution is 0.375. The number of nitrogens with zero attached hydrogens (tertiary/aromatic N) is 2. The Morgan fingerprint density at radius 2 is 2.00 bits per heavy atom. The first-order chi connectivity index (χ1) is 9.51. The van der Waals surface area contributed by atoms with Gasteiger partial charge in [-0.3, -0.25) is 0 Å². The number of aromatic nitrogens is 2. The van der Waals surface area contributed by atoms with Crippen molar-refractivity contribution < 1.29 is 12.9 Å². The van der Waals surface area contributed by atoms with E-state index in [1.54, 1.807) is 31.2 Å². The second-order valence-corrected chi connectivity index (χ2v) is 6.49. The highest BCUT2D eigenvalue weighted by Crippen LogP contribution is 2.12. The minimum atomic E-state index is -3.50. The first-order valence-electron chi connectivity index (χ1n) is 5.95. The Kier molecular flexibility index (Phi) is 4.90. The molecule has 2 aromatic rings. The fourth-order valence-corrected chi connectivity index (χ4v) is 2.98. The fourth-order valence-electron chi connectivity index (χ4n) is 1.57. The van der Waals surface area contributed by atoms with Gasteiger partial charge in [0.1, 0.15) is 0 Å². The van der Waals surface area contributed by atoms with E-state index < -0.39 is 10.0 Å². The third-order valence-corrected chi connectivity index (χ3v) is 4.71. The van der Waals surface area contributed by atoms with Crippen molar-refractivity contribution in [3.63, 3.8) is 0 Å². The van der Waals surface area contributed by atoms with E-state index in [1.165, 1.54) is 0 Å². The van der Waals surface area contributed by atoms with Crippen molar-refractivity contribution in [1.29, 1.82) is 0 Å². The summed E-state index contributed by atoms with van der Waals surface area (Å²) in [5.74, 6) is 0.952. The van der Waals surface area contributed by atoms with E-state index in [4.69, 9.17) is 4.52 Å². The molecule has 8 heteroatoms. The fraction of sp³-hybridized carbons (Fsp3) is 0.333. The van der Waals surface area contributed by atoms with E-state index in [0.29, 0.717) is 23.5 Å². The van der Waals surface area contributed by atoms with Gasteiger partial charge in [-0.2, -0.15) is 4.98 Å². The molecule has 20 heavy (non-hydrogen) atoms. The molecule has 1 aromatic carbocycles. The van der Waals surface area contributed by atoms with Crippen LogP contribution in [0, 0.1) is 6.92 Å². The van der Waals surface area contributed by atoms with Crippen molar-refractivity contribution in [1.82, 2.24) is 14.9 Å². The first-order valence-corrected chi connectivity index (χ1v) is 8.55. The van der Waals surface area contributed by atoms with Crippen LogP contribution in [-0.4, -0.2) is 25.1 Å². The molecule has 0 aliphatic heterocycles. The van der Waals surface area contributed by atoms with Gasteiger partial charge in [0.15, 0.2) is 5.82 Å². The summed E-state index contributed by atoms with van der Waals surface area (Å²) in [6, 6.07) is 6.70. The number of alkyl halides is 1. The lowest BCUT2D eigenvalue weighted by Crippen LogP contribution is -2.26. The van der Waals surface area contributed by atoms with E-state index in [2.05, 4.69) is 30.8 Å². The molecular formula is C12H14BrN3O3S. The summed E-state index contributed by atoms with van der Waals surface area (Å²) in [5, 5.41) is 4.33. The number of halogens is 1. The third kappa shape index (κ3) is 3.87. The average molecular weight is 360 g/mol. The quantitative estimate of drug-likeness (QED) is 0.794. The monoisotopic (exact) mass is 359 g/mol. The summed E-state index contributed by atoms with van der Waals surface area (Å²) >= 11 is 3.31. The molecule has 0 radical (unpaired) electrons. The highest BCUT2D eigenvalue weighted by Gasteiger charge is 2.13. The zero-order valence-corrected chi connectivity index (χ0v) is 13.2. The molecule has 2 rings (SSSR count). The van der Waals surface area contributed by atoms with Crippen LogP contribution in [0.5, 0.6) is 0 Å². The van der Waals surface area contributed by atoms with Gasteiger partial charge < -0.3 is 4.52 Å². The Hall–Kier alpha value is -1.25. The standard InChI is InChI=1S/C12H14BrN3O3S/c1-9-15-12(19-16-9)6-7-14-20(17,18)11-4-2-10(8-13)3-5-11/h2-5,14H,6-8H2,1H3. The summed E-state index contributed by atoms with van der Waals surface area (Å²) in [5.41, 5.74) is 1.02. The lowest BCUT2D eigenvalue weighted by atomic mass is 10.2. The van der Waals surface area contributed by atoms with Gasteiger partial charge in [-0.1, -0.05) is 33.2 Å². The molecular weight excluding hydrogens is 346 g/mol. The maximum Gasteiger partial charge on any atom is 0.240 e. The number of rotatable bonds is 6. The third-order valence-electron chi connectivity index (χ3n) is 2.59. The van der Waals surface area contributed by atoms with E-state index in [1.807, 2.05) is 0 Å². The summed E-state index contributed by atoms with van der Waals surface area (Å²) in [6.45, 7) is 1.92. The summed E-state index contributed by atoms with van der Waals surface area (Å²) in [4.78, 5) is 4.25. The number of hydrogen-bond acceptors (Lipinski definition) is 5. The van der Waals surface area contributed by atoms with Gasteiger partial charge in [0.05, 0.1) is 4.90 Å². The van der Waals surface area contributed by atoms with Gasteiger partial charge in [0.2, 0.25) is 15.9 Å². The lowest BCUT2D eigenvalue weighted by Gasteiger charge is -2.06. The summed E-state index contributed by atoms with van der Waals surface area (Å²) in [6.07, 6.45) is 0.361. The molecule has 0 atom stereocenters. The topological polar surface area (TPSA) is 85.1 Å². The van der Waals surface area contributed by atoms with Gasteiger partial charge >= 0.3 is 0 Å². The van der Waals surface area contributed by atoms with E-state index in [9.17, 15) is 8.42 Å². The number of nitrogens with one attached hydrogen (secondary N) is 1. The molecule has 0 bridgehead atoms. The molecule has 0 amide bonds. The van der Waals surface area contributed by atoms with Crippen molar-refractivity contribution in [3.8, 4) is 0 Å². The van der Waals surface area contributed by atoms with Crippen LogP contribution in [0.3, 0.4) is 0 Å². The number of sulfonamides is 1. The molecule has 1 aromatic heterocycles. The normalized spacial score (nSPS) is 11.7. The predicted molar refractivity (Wildman–Crippen MR) is 77.0 cm³/mol. The van der Waals surface area contributed by atoms with Crippen LogP contribution in [0.4, 0.5) is 0 Å². The number of aryl methyl sites for hydroxylation is 1. The molecule has 108 valence electrons. The molecule has 0 saturated heterocycles. The van der Waals surface area contributed by atoms with Crippen LogP contribution in [0.1, 0.15) is 17.3 Å². The van der Waals surface area contributed by atoms with Crippen LogP contribution in [0.15, 0.2) is 33.7 Å². The molecule has 0 aliphatic carbocycles. The van der Waals surface area contributed by atoms with Crippen LogP contribution >= 0.6 is 15.9 Å². The Bertz CT molecular complexity index is 668. The molecule has 0 unspecified atom stereocenters. The highest BCUT2D eigenvalue weighted by atomic mass is 79.9. The van der Waals surface area contributed by atoms with Gasteiger partial charge in [-0.25, -0.2) is 13.1 Å².